The van der Waals surface area contributed by atoms with Gasteiger partial charge in [0.25, 0.3) is 0 Å². The van der Waals surface area contributed by atoms with Crippen molar-refractivity contribution in [1.29, 1.82) is 0 Å². The van der Waals surface area contributed by atoms with Crippen molar-refractivity contribution in [2.45, 2.75) is 39.2 Å². The predicted molar refractivity (Wildman–Crippen MR) is 67.7 cm³/mol. The number of aliphatic hydroxyl groups is 1. The third-order valence-corrected chi connectivity index (χ3v) is 2.79. The molecule has 90 valence electrons. The van der Waals surface area contributed by atoms with E-state index in [2.05, 4.69) is 23.9 Å². The molecule has 0 amide bonds. The first-order valence-electron chi connectivity index (χ1n) is 6.04. The monoisotopic (exact) mass is 222 g/mol. The van der Waals surface area contributed by atoms with Crippen LogP contribution in [0.2, 0.25) is 0 Å². The first kappa shape index (κ1) is 13.0. The van der Waals surface area contributed by atoms with E-state index in [1.165, 1.54) is 12.8 Å². The average molecular weight is 222 g/mol. The Hall–Kier alpha value is -1.09. The molecule has 16 heavy (non-hydrogen) atoms. The summed E-state index contributed by atoms with van der Waals surface area (Å²) in [6, 6.07) is 3.93. The van der Waals surface area contributed by atoms with Crippen LogP contribution in [0, 0.1) is 0 Å². The molecule has 0 aliphatic rings. The van der Waals surface area contributed by atoms with E-state index in [1.807, 2.05) is 25.3 Å². The molecule has 0 saturated carbocycles. The molecule has 0 saturated heterocycles. The molecular weight excluding hydrogens is 200 g/mol. The summed E-state index contributed by atoms with van der Waals surface area (Å²) in [7, 11) is 2.07. The Morgan fingerprint density at radius 3 is 2.62 bits per heavy atom. The van der Waals surface area contributed by atoms with Crippen LogP contribution in [-0.4, -0.2) is 23.7 Å². The quantitative estimate of drug-likeness (QED) is 0.804. The standard InChI is InChI=1S/C13H22N2O/c1-4-6-9-15(3)11-7-8-12(14-10-11)13(16)5-2/h7-8,10,13,16H,4-6,9H2,1-3H3/t13-/m0/s1. The molecule has 0 unspecified atom stereocenters. The van der Waals surface area contributed by atoms with Crippen LogP contribution in [0.3, 0.4) is 0 Å². The van der Waals surface area contributed by atoms with Crippen LogP contribution in [0.5, 0.6) is 0 Å². The van der Waals surface area contributed by atoms with Gasteiger partial charge in [-0.3, -0.25) is 4.98 Å². The van der Waals surface area contributed by atoms with Gasteiger partial charge in [-0.25, -0.2) is 0 Å². The Balaban J connectivity index is 2.63. The van der Waals surface area contributed by atoms with E-state index in [4.69, 9.17) is 0 Å². The molecule has 3 nitrogen and oxygen atoms in total. The van der Waals surface area contributed by atoms with Gasteiger partial charge in [-0.1, -0.05) is 20.3 Å². The van der Waals surface area contributed by atoms with E-state index in [0.717, 1.165) is 17.9 Å². The lowest BCUT2D eigenvalue weighted by Crippen LogP contribution is -2.18. The summed E-state index contributed by atoms with van der Waals surface area (Å²) < 4.78 is 0. The van der Waals surface area contributed by atoms with Crippen LogP contribution in [0.15, 0.2) is 18.3 Å². The van der Waals surface area contributed by atoms with Gasteiger partial charge in [-0.15, -0.1) is 0 Å². The summed E-state index contributed by atoms with van der Waals surface area (Å²) in [5.74, 6) is 0. The van der Waals surface area contributed by atoms with Crippen LogP contribution in [0.25, 0.3) is 0 Å². The molecule has 0 bridgehead atoms. The van der Waals surface area contributed by atoms with Crippen LogP contribution in [-0.2, 0) is 0 Å². The third kappa shape index (κ3) is 3.49. The average Bonchev–Trinajstić information content (AvgIpc) is 2.35. The van der Waals surface area contributed by atoms with Gasteiger partial charge in [0.15, 0.2) is 0 Å². The van der Waals surface area contributed by atoms with Crippen molar-refractivity contribution in [3.05, 3.63) is 24.0 Å². The summed E-state index contributed by atoms with van der Waals surface area (Å²) in [4.78, 5) is 6.48. The number of nitrogens with zero attached hydrogens (tertiary/aromatic N) is 2. The topological polar surface area (TPSA) is 36.4 Å². The number of unbranched alkanes of at least 4 members (excludes halogenated alkanes) is 1. The van der Waals surface area contributed by atoms with Crippen molar-refractivity contribution in [3.63, 3.8) is 0 Å². The second kappa shape index (κ2) is 6.48. The van der Waals surface area contributed by atoms with Crippen molar-refractivity contribution >= 4 is 5.69 Å². The lowest BCUT2D eigenvalue weighted by molar-refractivity contribution is 0.169. The molecule has 3 heteroatoms. The fourth-order valence-corrected chi connectivity index (χ4v) is 1.55. The van der Waals surface area contributed by atoms with E-state index in [9.17, 15) is 5.11 Å². The van der Waals surface area contributed by atoms with Gasteiger partial charge in [0.1, 0.15) is 0 Å². The van der Waals surface area contributed by atoms with Gasteiger partial charge in [-0.2, -0.15) is 0 Å². The van der Waals surface area contributed by atoms with Gasteiger partial charge in [-0.05, 0) is 25.0 Å². The summed E-state index contributed by atoms with van der Waals surface area (Å²) in [5.41, 5.74) is 1.87. The highest BCUT2D eigenvalue weighted by molar-refractivity contribution is 5.43. The zero-order valence-electron chi connectivity index (χ0n) is 10.5. The lowest BCUT2D eigenvalue weighted by atomic mass is 10.2. The first-order valence-corrected chi connectivity index (χ1v) is 6.04. The third-order valence-electron chi connectivity index (χ3n) is 2.79. The van der Waals surface area contributed by atoms with E-state index in [-0.39, 0.29) is 0 Å². The molecule has 0 fully saturated rings. The molecule has 0 radical (unpaired) electrons. The minimum Gasteiger partial charge on any atom is -0.387 e. The Labute approximate surface area is 98.1 Å². The van der Waals surface area contributed by atoms with Gasteiger partial charge in [0.05, 0.1) is 23.7 Å². The largest absolute Gasteiger partial charge is 0.387 e. The molecule has 0 aliphatic heterocycles. The molecule has 0 aromatic carbocycles. The van der Waals surface area contributed by atoms with Gasteiger partial charge < -0.3 is 10.0 Å². The molecule has 1 aromatic heterocycles. The fraction of sp³-hybridized carbons (Fsp3) is 0.615. The SMILES string of the molecule is CCCCN(C)c1ccc([C@@H](O)CC)nc1. The summed E-state index contributed by atoms with van der Waals surface area (Å²) >= 11 is 0. The highest BCUT2D eigenvalue weighted by Gasteiger charge is 2.07. The van der Waals surface area contributed by atoms with Crippen molar-refractivity contribution in [2.75, 3.05) is 18.5 Å². The highest BCUT2D eigenvalue weighted by atomic mass is 16.3. The van der Waals surface area contributed by atoms with E-state index < -0.39 is 6.10 Å². The van der Waals surface area contributed by atoms with E-state index in [1.54, 1.807) is 0 Å². The Bertz CT molecular complexity index is 297. The maximum Gasteiger partial charge on any atom is 0.0957 e. The number of rotatable bonds is 6. The van der Waals surface area contributed by atoms with E-state index in [0.29, 0.717) is 6.42 Å². The Morgan fingerprint density at radius 2 is 2.12 bits per heavy atom. The Morgan fingerprint density at radius 1 is 1.38 bits per heavy atom. The molecule has 1 N–H and O–H groups in total. The van der Waals surface area contributed by atoms with Crippen LogP contribution >= 0.6 is 0 Å². The predicted octanol–water partition coefficient (Wildman–Crippen LogP) is 2.76. The number of pyridine rings is 1. The second-order valence-corrected chi connectivity index (χ2v) is 4.14. The molecule has 0 spiro atoms. The van der Waals surface area contributed by atoms with Crippen molar-refractivity contribution in [2.24, 2.45) is 0 Å². The normalized spacial score (nSPS) is 12.5. The molecule has 1 atom stereocenters. The van der Waals surface area contributed by atoms with Gasteiger partial charge >= 0.3 is 0 Å². The number of aliphatic hydroxyl groups excluding tert-OH is 1. The lowest BCUT2D eigenvalue weighted by Gasteiger charge is -2.19. The summed E-state index contributed by atoms with van der Waals surface area (Å²) in [6.07, 6.45) is 4.50. The van der Waals surface area contributed by atoms with Crippen LogP contribution < -0.4 is 4.90 Å². The molecule has 0 aliphatic carbocycles. The highest BCUT2D eigenvalue weighted by Crippen LogP contribution is 2.17. The van der Waals surface area contributed by atoms with Gasteiger partial charge in [0.2, 0.25) is 0 Å². The number of anilines is 1. The zero-order valence-corrected chi connectivity index (χ0v) is 10.5. The molecule has 1 heterocycles. The fourth-order valence-electron chi connectivity index (χ4n) is 1.55. The van der Waals surface area contributed by atoms with Crippen molar-refractivity contribution in [3.8, 4) is 0 Å². The zero-order chi connectivity index (χ0) is 12.0. The minimum absolute atomic E-state index is 0.435. The summed E-state index contributed by atoms with van der Waals surface area (Å²) in [6.45, 7) is 5.19. The maximum atomic E-state index is 9.62. The van der Waals surface area contributed by atoms with Crippen LogP contribution in [0.1, 0.15) is 44.9 Å². The smallest absolute Gasteiger partial charge is 0.0957 e. The Kier molecular flexibility index (Phi) is 5.26. The molecular formula is C13H22N2O. The van der Waals surface area contributed by atoms with E-state index >= 15 is 0 Å². The van der Waals surface area contributed by atoms with Crippen LogP contribution in [0.4, 0.5) is 5.69 Å². The van der Waals surface area contributed by atoms with Crippen molar-refractivity contribution < 1.29 is 5.11 Å². The minimum atomic E-state index is -0.435. The summed E-state index contributed by atoms with van der Waals surface area (Å²) in [5, 5.41) is 9.62. The molecule has 1 rings (SSSR count). The molecule has 1 aromatic rings. The second-order valence-electron chi connectivity index (χ2n) is 4.14. The maximum absolute atomic E-state index is 9.62. The number of hydrogen-bond acceptors (Lipinski definition) is 3. The number of hydrogen-bond donors (Lipinski definition) is 1. The van der Waals surface area contributed by atoms with Gasteiger partial charge in [0, 0.05) is 13.6 Å². The number of aromatic nitrogens is 1. The van der Waals surface area contributed by atoms with Crippen molar-refractivity contribution in [1.82, 2.24) is 4.98 Å². The first-order chi connectivity index (χ1) is 7.69.